The average molecular weight is 633 g/mol. The predicted octanol–water partition coefficient (Wildman–Crippen LogP) is 4.49. The number of hydrogen-bond donors (Lipinski definition) is 1. The molecule has 45 heavy (non-hydrogen) atoms. The van der Waals surface area contributed by atoms with Crippen LogP contribution in [0.15, 0.2) is 42.7 Å². The minimum absolute atomic E-state index is 0.0471. The van der Waals surface area contributed by atoms with Crippen molar-refractivity contribution in [3.05, 3.63) is 76.4 Å². The Hall–Kier alpha value is -3.91. The maximum Gasteiger partial charge on any atom is 0.416 e. The molecule has 5 heterocycles. The summed E-state index contributed by atoms with van der Waals surface area (Å²) in [4.78, 5) is 27.8. The molecule has 1 aromatic heterocycles. The molecule has 14 heteroatoms. The van der Waals surface area contributed by atoms with Crippen LogP contribution < -0.4 is 4.90 Å². The lowest BCUT2D eigenvalue weighted by atomic mass is 9.60. The van der Waals surface area contributed by atoms with Crippen LogP contribution in [0.5, 0.6) is 0 Å². The highest BCUT2D eigenvalue weighted by molar-refractivity contribution is 6.10. The third kappa shape index (κ3) is 5.69. The Kier molecular flexibility index (Phi) is 7.71. The van der Waals surface area contributed by atoms with E-state index in [2.05, 4.69) is 20.0 Å². The first kappa shape index (κ1) is 31.1. The molecule has 2 aromatic carbocycles. The Bertz CT molecular complexity index is 1610. The van der Waals surface area contributed by atoms with E-state index in [0.29, 0.717) is 41.3 Å². The van der Waals surface area contributed by atoms with E-state index in [1.165, 1.54) is 17.3 Å². The minimum Gasteiger partial charge on any atom is -0.483 e. The Balaban J connectivity index is 0.00000115. The highest BCUT2D eigenvalue weighted by Crippen LogP contribution is 2.55. The van der Waals surface area contributed by atoms with Gasteiger partial charge in [0.15, 0.2) is 0 Å². The first-order valence-electron chi connectivity index (χ1n) is 14.6. The number of aromatic nitrogens is 3. The number of amides is 1. The largest absolute Gasteiger partial charge is 0.483 e. The summed E-state index contributed by atoms with van der Waals surface area (Å²) >= 11 is 0. The lowest BCUT2D eigenvalue weighted by molar-refractivity contribution is -0.138. The number of benzene rings is 2. The zero-order valence-corrected chi connectivity index (χ0v) is 24.8. The van der Waals surface area contributed by atoms with Crippen LogP contribution in [-0.4, -0.2) is 80.2 Å². The molecular formula is C31H33F5N6O3. The van der Waals surface area contributed by atoms with Crippen molar-refractivity contribution in [3.63, 3.8) is 0 Å². The summed E-state index contributed by atoms with van der Waals surface area (Å²) in [6.45, 7) is 1.63. The Labute approximate surface area is 256 Å². The van der Waals surface area contributed by atoms with Crippen molar-refractivity contribution in [2.75, 3.05) is 25.0 Å². The third-order valence-corrected chi connectivity index (χ3v) is 9.56. The van der Waals surface area contributed by atoms with Crippen LogP contribution in [0.25, 0.3) is 0 Å². The standard InChI is InChI=1S/C30H31F5N6O.CH2O2/c1-38-12-21-9-22(13-38)40(21)11-18-6-23-24(25(7-18)30(33,34)35)14-41(27(23)42)20-5-3-4-19(8-20)28(15-29(31,32)16-28)10-26-37-36-17-39(26)2;2-1-3/h3-8,17,21-22H,9-16H2,1-2H3;1H,(H,2,3). The number of aryl methyl sites for hydroxylation is 1. The van der Waals surface area contributed by atoms with E-state index >= 15 is 0 Å². The molecule has 3 aromatic rings. The summed E-state index contributed by atoms with van der Waals surface area (Å²) in [6.07, 6.45) is -2.63. The number of likely N-dealkylation sites (N-methyl/N-ethyl adjacent to an activating group) is 1. The van der Waals surface area contributed by atoms with Gasteiger partial charge in [-0.25, -0.2) is 8.78 Å². The number of carbonyl (C=O) groups is 2. The van der Waals surface area contributed by atoms with E-state index in [9.17, 15) is 26.7 Å². The second kappa shape index (κ2) is 11.2. The number of halogens is 5. The molecule has 5 aliphatic rings. The van der Waals surface area contributed by atoms with Crippen LogP contribution in [0.2, 0.25) is 0 Å². The fourth-order valence-electron chi connectivity index (χ4n) is 7.53. The normalized spacial score (nSPS) is 23.4. The maximum absolute atomic E-state index is 14.3. The monoisotopic (exact) mass is 632 g/mol. The minimum atomic E-state index is -4.62. The second-order valence-electron chi connectivity index (χ2n) is 12.7. The molecule has 240 valence electrons. The molecule has 9 nitrogen and oxygen atoms in total. The molecule has 4 fully saturated rings. The number of rotatable bonds is 6. The quantitative estimate of drug-likeness (QED) is 0.316. The van der Waals surface area contributed by atoms with Gasteiger partial charge in [-0.2, -0.15) is 13.2 Å². The van der Waals surface area contributed by atoms with Crippen LogP contribution in [0, 0.1) is 0 Å². The summed E-state index contributed by atoms with van der Waals surface area (Å²) in [5.74, 6) is -2.79. The van der Waals surface area contributed by atoms with E-state index in [1.54, 1.807) is 41.9 Å². The van der Waals surface area contributed by atoms with Gasteiger partial charge in [-0.3, -0.25) is 14.5 Å². The van der Waals surface area contributed by atoms with Gasteiger partial charge >= 0.3 is 6.18 Å². The Morgan fingerprint density at radius 3 is 2.38 bits per heavy atom. The summed E-state index contributed by atoms with van der Waals surface area (Å²) in [5.41, 5.74) is -0.249. The zero-order valence-electron chi connectivity index (χ0n) is 24.8. The van der Waals surface area contributed by atoms with E-state index < -0.39 is 29.0 Å². The summed E-state index contributed by atoms with van der Waals surface area (Å²) in [5, 5.41) is 14.8. The molecule has 0 radical (unpaired) electrons. The van der Waals surface area contributed by atoms with Crippen molar-refractivity contribution in [3.8, 4) is 0 Å². The predicted molar refractivity (Wildman–Crippen MR) is 153 cm³/mol. The van der Waals surface area contributed by atoms with E-state index in [4.69, 9.17) is 9.90 Å². The molecule has 2 atom stereocenters. The maximum atomic E-state index is 14.3. The van der Waals surface area contributed by atoms with Gasteiger partial charge in [0.1, 0.15) is 12.2 Å². The zero-order chi connectivity index (χ0) is 32.3. The van der Waals surface area contributed by atoms with Gasteiger partial charge in [-0.1, -0.05) is 12.1 Å². The highest BCUT2D eigenvalue weighted by Gasteiger charge is 2.57. The molecule has 1 saturated carbocycles. The van der Waals surface area contributed by atoms with Crippen molar-refractivity contribution in [1.29, 1.82) is 0 Å². The molecule has 8 rings (SSSR count). The van der Waals surface area contributed by atoms with Gasteiger partial charge < -0.3 is 19.5 Å². The summed E-state index contributed by atoms with van der Waals surface area (Å²) in [7, 11) is 3.79. The van der Waals surface area contributed by atoms with Gasteiger partial charge in [0, 0.05) is 74.7 Å². The number of piperazine rings is 1. The molecule has 1 aliphatic carbocycles. The Morgan fingerprint density at radius 1 is 1.09 bits per heavy atom. The number of piperidine rings is 1. The van der Waals surface area contributed by atoms with Crippen molar-refractivity contribution >= 4 is 18.1 Å². The smallest absolute Gasteiger partial charge is 0.416 e. The lowest BCUT2D eigenvalue weighted by Gasteiger charge is -2.56. The fraction of sp³-hybridized carbons (Fsp3) is 0.484. The molecule has 2 bridgehead atoms. The van der Waals surface area contributed by atoms with Crippen LogP contribution in [0.4, 0.5) is 27.6 Å². The SMILES string of the molecule is CN1CC2CC(C1)N2Cc1cc2c(c(C(F)(F)F)c1)CN(c1cccc(C3(Cc4nncn4C)CC(F)(F)C3)c1)C2=O.O=CO. The number of alkyl halides is 5. The molecular weight excluding hydrogens is 599 g/mol. The first-order chi connectivity index (χ1) is 21.2. The molecule has 0 spiro atoms. The van der Waals surface area contributed by atoms with Crippen LogP contribution in [0.1, 0.15) is 57.7 Å². The first-order valence-corrected chi connectivity index (χ1v) is 14.6. The van der Waals surface area contributed by atoms with Crippen LogP contribution in [0.3, 0.4) is 0 Å². The third-order valence-electron chi connectivity index (χ3n) is 9.56. The summed E-state index contributed by atoms with van der Waals surface area (Å²) in [6, 6.07) is 10.1. The van der Waals surface area contributed by atoms with E-state index in [-0.39, 0.29) is 43.4 Å². The highest BCUT2D eigenvalue weighted by atomic mass is 19.4. The molecule has 3 saturated heterocycles. The van der Waals surface area contributed by atoms with Crippen LogP contribution >= 0.6 is 0 Å². The van der Waals surface area contributed by atoms with Crippen LogP contribution in [-0.2, 0) is 42.9 Å². The van der Waals surface area contributed by atoms with E-state index in [0.717, 1.165) is 19.5 Å². The van der Waals surface area contributed by atoms with Gasteiger partial charge in [0.2, 0.25) is 5.92 Å². The van der Waals surface area contributed by atoms with Gasteiger partial charge in [0.25, 0.3) is 12.4 Å². The number of nitrogens with zero attached hydrogens (tertiary/aromatic N) is 6. The molecule has 2 unspecified atom stereocenters. The number of fused-ring (bicyclic) bond motifs is 3. The van der Waals surface area contributed by atoms with E-state index in [1.807, 2.05) is 7.05 Å². The number of carboxylic acid groups (broad SMARTS) is 1. The Morgan fingerprint density at radius 2 is 1.78 bits per heavy atom. The van der Waals surface area contributed by atoms with Crippen molar-refractivity contribution in [1.82, 2.24) is 24.6 Å². The molecule has 4 aliphatic heterocycles. The fourth-order valence-corrected chi connectivity index (χ4v) is 7.53. The lowest BCUT2D eigenvalue weighted by Crippen LogP contribution is -2.67. The average Bonchev–Trinajstić information content (AvgIpc) is 3.52. The van der Waals surface area contributed by atoms with Crippen molar-refractivity contribution in [2.24, 2.45) is 7.05 Å². The van der Waals surface area contributed by atoms with Gasteiger partial charge in [-0.15, -0.1) is 10.2 Å². The van der Waals surface area contributed by atoms with Crippen molar-refractivity contribution < 1.29 is 36.6 Å². The van der Waals surface area contributed by atoms with Gasteiger partial charge in [-0.05, 0) is 54.4 Å². The summed E-state index contributed by atoms with van der Waals surface area (Å²) < 4.78 is 73.2. The number of hydrogen-bond acceptors (Lipinski definition) is 6. The number of carbonyl (C=O) groups excluding carboxylic acids is 1. The second-order valence-corrected chi connectivity index (χ2v) is 12.7. The number of anilines is 1. The van der Waals surface area contributed by atoms with Crippen molar-refractivity contribution in [2.45, 2.75) is 68.4 Å². The van der Waals surface area contributed by atoms with Gasteiger partial charge in [0.05, 0.1) is 12.1 Å². The molecule has 1 amide bonds. The molecule has 1 N–H and O–H groups in total. The topological polar surface area (TPSA) is 94.8 Å².